The standard InChI is InChI=1S/C21H23N3O3S3/c1-15-7-8-17(30(26,27)24-9-3-2-4-10-24)13-18(15)23-20(25)12-16-14-29-21(22-16)19-6-5-11-28-19/h5-8,11,13-14H,2-4,9-10,12H2,1H3,(H,23,25). The lowest BCUT2D eigenvalue weighted by Gasteiger charge is -2.26. The third kappa shape index (κ3) is 4.64. The number of anilines is 1. The second kappa shape index (κ2) is 8.97. The fourth-order valence-corrected chi connectivity index (χ4v) is 6.59. The molecule has 1 aliphatic heterocycles. The highest BCUT2D eigenvalue weighted by Crippen LogP contribution is 2.28. The molecular formula is C21H23N3O3S3. The summed E-state index contributed by atoms with van der Waals surface area (Å²) in [5, 5.41) is 7.65. The van der Waals surface area contributed by atoms with Crippen LogP contribution in [0.1, 0.15) is 30.5 Å². The zero-order chi connectivity index (χ0) is 21.1. The van der Waals surface area contributed by atoms with Crippen molar-refractivity contribution < 1.29 is 13.2 Å². The molecule has 0 atom stereocenters. The highest BCUT2D eigenvalue weighted by molar-refractivity contribution is 7.89. The van der Waals surface area contributed by atoms with Gasteiger partial charge in [0.15, 0.2) is 0 Å². The first-order valence-corrected chi connectivity index (χ1v) is 13.0. The maximum absolute atomic E-state index is 12.9. The van der Waals surface area contributed by atoms with Crippen LogP contribution < -0.4 is 5.32 Å². The molecule has 0 bridgehead atoms. The highest BCUT2D eigenvalue weighted by atomic mass is 32.2. The molecule has 1 saturated heterocycles. The maximum Gasteiger partial charge on any atom is 0.243 e. The van der Waals surface area contributed by atoms with Crippen LogP contribution in [0.3, 0.4) is 0 Å². The molecule has 30 heavy (non-hydrogen) atoms. The molecule has 9 heteroatoms. The molecule has 0 spiro atoms. The van der Waals surface area contributed by atoms with E-state index in [1.54, 1.807) is 29.5 Å². The quantitative estimate of drug-likeness (QED) is 0.585. The minimum atomic E-state index is -3.55. The minimum absolute atomic E-state index is 0.143. The minimum Gasteiger partial charge on any atom is -0.325 e. The number of nitrogens with zero attached hydrogens (tertiary/aromatic N) is 2. The van der Waals surface area contributed by atoms with Gasteiger partial charge in [0, 0.05) is 24.2 Å². The first-order valence-electron chi connectivity index (χ1n) is 9.82. The Labute approximate surface area is 184 Å². The average molecular weight is 462 g/mol. The third-order valence-corrected chi connectivity index (χ3v) is 8.89. The van der Waals surface area contributed by atoms with E-state index < -0.39 is 10.0 Å². The van der Waals surface area contributed by atoms with Crippen molar-refractivity contribution in [2.24, 2.45) is 0 Å². The van der Waals surface area contributed by atoms with Crippen molar-refractivity contribution in [2.45, 2.75) is 37.5 Å². The average Bonchev–Trinajstić information content (AvgIpc) is 3.42. The van der Waals surface area contributed by atoms with Gasteiger partial charge in [-0.3, -0.25) is 4.79 Å². The maximum atomic E-state index is 12.9. The van der Waals surface area contributed by atoms with Crippen molar-refractivity contribution in [1.82, 2.24) is 9.29 Å². The molecule has 1 amide bonds. The van der Waals surface area contributed by atoms with E-state index in [-0.39, 0.29) is 17.2 Å². The Balaban J connectivity index is 1.47. The van der Waals surface area contributed by atoms with Gasteiger partial charge < -0.3 is 5.32 Å². The lowest BCUT2D eigenvalue weighted by atomic mass is 10.2. The second-order valence-corrected chi connectivity index (χ2v) is 11.0. The van der Waals surface area contributed by atoms with Crippen LogP contribution >= 0.6 is 22.7 Å². The molecule has 4 rings (SSSR count). The van der Waals surface area contributed by atoms with Crippen molar-refractivity contribution in [3.05, 3.63) is 52.3 Å². The van der Waals surface area contributed by atoms with Gasteiger partial charge in [0.25, 0.3) is 0 Å². The van der Waals surface area contributed by atoms with Crippen LogP contribution in [0.15, 0.2) is 46.0 Å². The number of sulfonamides is 1. The molecule has 1 aliphatic rings. The molecular weight excluding hydrogens is 438 g/mol. The van der Waals surface area contributed by atoms with E-state index in [0.29, 0.717) is 24.5 Å². The summed E-state index contributed by atoms with van der Waals surface area (Å²) in [6, 6.07) is 8.90. The first-order chi connectivity index (χ1) is 14.4. The summed E-state index contributed by atoms with van der Waals surface area (Å²) in [7, 11) is -3.55. The van der Waals surface area contributed by atoms with Gasteiger partial charge >= 0.3 is 0 Å². The van der Waals surface area contributed by atoms with Crippen molar-refractivity contribution in [1.29, 1.82) is 0 Å². The van der Waals surface area contributed by atoms with E-state index in [4.69, 9.17) is 0 Å². The number of thiazole rings is 1. The number of piperidine rings is 1. The predicted octanol–water partition coefficient (Wildman–Crippen LogP) is 4.54. The molecule has 158 valence electrons. The molecule has 0 unspecified atom stereocenters. The number of carbonyl (C=O) groups is 1. The van der Waals surface area contributed by atoms with Crippen LogP contribution in [-0.2, 0) is 21.2 Å². The van der Waals surface area contributed by atoms with E-state index in [1.165, 1.54) is 15.6 Å². The van der Waals surface area contributed by atoms with E-state index >= 15 is 0 Å². The summed E-state index contributed by atoms with van der Waals surface area (Å²) >= 11 is 3.13. The fraction of sp³-hybridized carbons (Fsp3) is 0.333. The SMILES string of the molecule is Cc1ccc(S(=O)(=O)N2CCCCC2)cc1NC(=O)Cc1csc(-c2cccs2)n1. The first kappa shape index (κ1) is 21.2. The number of aromatic nitrogens is 1. The van der Waals surface area contributed by atoms with Gasteiger partial charge in [-0.25, -0.2) is 13.4 Å². The number of aryl methyl sites for hydroxylation is 1. The number of benzene rings is 1. The summed E-state index contributed by atoms with van der Waals surface area (Å²) in [6.07, 6.45) is 2.97. The van der Waals surface area contributed by atoms with Crippen LogP contribution in [-0.4, -0.2) is 36.7 Å². The molecule has 0 saturated carbocycles. The molecule has 3 aromatic rings. The summed E-state index contributed by atoms with van der Waals surface area (Å²) in [5.41, 5.74) is 2.04. The zero-order valence-electron chi connectivity index (χ0n) is 16.6. The molecule has 1 aromatic carbocycles. The van der Waals surface area contributed by atoms with Gasteiger partial charge in [0.2, 0.25) is 15.9 Å². The fourth-order valence-electron chi connectivity index (χ4n) is 3.41. The van der Waals surface area contributed by atoms with Gasteiger partial charge in [-0.1, -0.05) is 18.6 Å². The molecule has 6 nitrogen and oxygen atoms in total. The van der Waals surface area contributed by atoms with E-state index in [2.05, 4.69) is 10.3 Å². The van der Waals surface area contributed by atoms with Gasteiger partial charge in [0.1, 0.15) is 5.01 Å². The molecule has 0 radical (unpaired) electrons. The number of amides is 1. The van der Waals surface area contributed by atoms with Crippen LogP contribution in [0, 0.1) is 6.92 Å². The Hall–Kier alpha value is -2.07. The highest BCUT2D eigenvalue weighted by Gasteiger charge is 2.26. The van der Waals surface area contributed by atoms with Crippen molar-refractivity contribution in [3.8, 4) is 9.88 Å². The Bertz CT molecular complexity index is 1130. The number of thiophene rings is 1. The molecule has 3 heterocycles. The lowest BCUT2D eigenvalue weighted by Crippen LogP contribution is -2.35. The number of carbonyl (C=O) groups excluding carboxylic acids is 1. The van der Waals surface area contributed by atoms with E-state index in [9.17, 15) is 13.2 Å². The van der Waals surface area contributed by atoms with E-state index in [0.717, 1.165) is 34.7 Å². The summed E-state index contributed by atoms with van der Waals surface area (Å²) < 4.78 is 27.4. The molecule has 0 aliphatic carbocycles. The summed E-state index contributed by atoms with van der Waals surface area (Å²) in [4.78, 5) is 18.4. The molecule has 1 fully saturated rings. The van der Waals surface area contributed by atoms with E-state index in [1.807, 2.05) is 29.8 Å². The van der Waals surface area contributed by atoms with Crippen LogP contribution in [0.5, 0.6) is 0 Å². The van der Waals surface area contributed by atoms with Gasteiger partial charge in [-0.05, 0) is 48.9 Å². The second-order valence-electron chi connectivity index (χ2n) is 7.29. The monoisotopic (exact) mass is 461 g/mol. The van der Waals surface area contributed by atoms with Crippen LogP contribution in [0.2, 0.25) is 0 Å². The number of nitrogens with one attached hydrogen (secondary N) is 1. The van der Waals surface area contributed by atoms with Gasteiger partial charge in [0.05, 0.1) is 21.9 Å². The van der Waals surface area contributed by atoms with Crippen molar-refractivity contribution >= 4 is 44.3 Å². The smallest absolute Gasteiger partial charge is 0.243 e. The Morgan fingerprint density at radius 2 is 1.97 bits per heavy atom. The zero-order valence-corrected chi connectivity index (χ0v) is 19.1. The normalized spacial score (nSPS) is 15.2. The summed E-state index contributed by atoms with van der Waals surface area (Å²) in [6.45, 7) is 2.95. The van der Waals surface area contributed by atoms with Gasteiger partial charge in [-0.15, -0.1) is 22.7 Å². The third-order valence-electron chi connectivity index (χ3n) is 5.06. The van der Waals surface area contributed by atoms with Crippen molar-refractivity contribution in [3.63, 3.8) is 0 Å². The predicted molar refractivity (Wildman–Crippen MR) is 122 cm³/mol. The van der Waals surface area contributed by atoms with Crippen LogP contribution in [0.25, 0.3) is 9.88 Å². The van der Waals surface area contributed by atoms with Gasteiger partial charge in [-0.2, -0.15) is 4.31 Å². The number of rotatable bonds is 6. The number of hydrogen-bond acceptors (Lipinski definition) is 6. The molecule has 1 N–H and O–H groups in total. The Kier molecular flexibility index (Phi) is 6.33. The van der Waals surface area contributed by atoms with Crippen LogP contribution in [0.4, 0.5) is 5.69 Å². The topological polar surface area (TPSA) is 79.4 Å². The summed E-state index contributed by atoms with van der Waals surface area (Å²) in [5.74, 6) is -0.214. The largest absolute Gasteiger partial charge is 0.325 e. The van der Waals surface area contributed by atoms with Crippen molar-refractivity contribution in [2.75, 3.05) is 18.4 Å². The lowest BCUT2D eigenvalue weighted by molar-refractivity contribution is -0.115. The Morgan fingerprint density at radius 3 is 2.70 bits per heavy atom. The number of hydrogen-bond donors (Lipinski definition) is 1. The molecule has 2 aromatic heterocycles. The Morgan fingerprint density at radius 1 is 1.17 bits per heavy atom.